The molecule has 2 fully saturated rings. The summed E-state index contributed by atoms with van der Waals surface area (Å²) < 4.78 is 0. The number of Topliss-reactive ketones (excluding diaryl/α,β-unsaturated/α-hetero) is 1. The Hall–Kier alpha value is -0.740. The van der Waals surface area contributed by atoms with Crippen molar-refractivity contribution in [2.24, 2.45) is 0 Å². The van der Waals surface area contributed by atoms with Gasteiger partial charge in [-0.25, -0.2) is 4.98 Å². The van der Waals surface area contributed by atoms with Crippen LogP contribution in [0.15, 0.2) is 11.6 Å². The van der Waals surface area contributed by atoms with Crippen molar-refractivity contribution in [1.82, 2.24) is 9.88 Å². The van der Waals surface area contributed by atoms with E-state index in [0.29, 0.717) is 23.8 Å². The van der Waals surface area contributed by atoms with Gasteiger partial charge in [0.25, 0.3) is 0 Å². The summed E-state index contributed by atoms with van der Waals surface area (Å²) in [6.07, 6.45) is 5.86. The second-order valence-corrected chi connectivity index (χ2v) is 6.23. The third kappa shape index (κ3) is 2.16. The van der Waals surface area contributed by atoms with Crippen LogP contribution < -0.4 is 0 Å². The van der Waals surface area contributed by atoms with Crippen molar-refractivity contribution in [2.75, 3.05) is 6.54 Å². The van der Waals surface area contributed by atoms with E-state index in [1.807, 2.05) is 11.6 Å². The van der Waals surface area contributed by atoms with Crippen LogP contribution in [0.2, 0.25) is 0 Å². The molecule has 3 nitrogen and oxygen atoms in total. The molecule has 17 heavy (non-hydrogen) atoms. The van der Waals surface area contributed by atoms with Gasteiger partial charge in [-0.1, -0.05) is 6.92 Å². The van der Waals surface area contributed by atoms with E-state index in [-0.39, 0.29) is 0 Å². The number of ketones is 1. The molecule has 2 aliphatic heterocycles. The Balaban J connectivity index is 1.68. The number of hydrogen-bond donors (Lipinski definition) is 0. The standard InChI is InChI=1S/C13H18N2OS/c1-9(13-14-4-5-17-13)8-15-10-2-3-11(15)7-12(16)6-10/h4-5,9-11H,2-3,6-8H2,1H3. The Kier molecular flexibility index (Phi) is 3.01. The highest BCUT2D eigenvalue weighted by Gasteiger charge is 2.40. The van der Waals surface area contributed by atoms with E-state index in [9.17, 15) is 4.79 Å². The van der Waals surface area contributed by atoms with E-state index in [1.165, 1.54) is 17.8 Å². The summed E-state index contributed by atoms with van der Waals surface area (Å²) >= 11 is 1.74. The van der Waals surface area contributed by atoms with Crippen molar-refractivity contribution in [3.63, 3.8) is 0 Å². The van der Waals surface area contributed by atoms with Gasteiger partial charge in [0.1, 0.15) is 5.78 Å². The molecule has 0 aromatic carbocycles. The monoisotopic (exact) mass is 250 g/mol. The van der Waals surface area contributed by atoms with Gasteiger partial charge in [0.2, 0.25) is 0 Å². The van der Waals surface area contributed by atoms with E-state index < -0.39 is 0 Å². The van der Waals surface area contributed by atoms with Crippen LogP contribution in [0, 0.1) is 0 Å². The second kappa shape index (κ2) is 4.50. The molecule has 1 aromatic heterocycles. The molecule has 3 rings (SSSR count). The Morgan fingerprint density at radius 1 is 1.47 bits per heavy atom. The van der Waals surface area contributed by atoms with Gasteiger partial charge in [0.15, 0.2) is 0 Å². The average Bonchev–Trinajstić information content (AvgIpc) is 2.88. The van der Waals surface area contributed by atoms with Crippen LogP contribution >= 0.6 is 11.3 Å². The van der Waals surface area contributed by atoms with Crippen LogP contribution in [0.5, 0.6) is 0 Å². The first-order valence-electron chi connectivity index (χ1n) is 6.41. The van der Waals surface area contributed by atoms with Crippen LogP contribution in [0.3, 0.4) is 0 Å². The Bertz CT molecular complexity index is 388. The van der Waals surface area contributed by atoms with E-state index in [2.05, 4.69) is 16.8 Å². The fourth-order valence-corrected chi connectivity index (χ4v) is 3.92. The van der Waals surface area contributed by atoms with E-state index in [4.69, 9.17) is 0 Å². The minimum atomic E-state index is 0.468. The predicted octanol–water partition coefficient (Wildman–Crippen LogP) is 2.44. The van der Waals surface area contributed by atoms with Crippen molar-refractivity contribution in [2.45, 2.75) is 50.6 Å². The fourth-order valence-electron chi connectivity index (χ4n) is 3.23. The van der Waals surface area contributed by atoms with Crippen molar-refractivity contribution in [1.29, 1.82) is 0 Å². The Morgan fingerprint density at radius 3 is 2.76 bits per heavy atom. The van der Waals surface area contributed by atoms with Gasteiger partial charge >= 0.3 is 0 Å². The maximum atomic E-state index is 11.5. The Morgan fingerprint density at radius 2 is 2.18 bits per heavy atom. The summed E-state index contributed by atoms with van der Waals surface area (Å²) in [6.45, 7) is 3.31. The molecule has 1 aromatic rings. The lowest BCUT2D eigenvalue weighted by Crippen LogP contribution is -2.44. The first kappa shape index (κ1) is 11.4. The predicted molar refractivity (Wildman–Crippen MR) is 68.3 cm³/mol. The maximum absolute atomic E-state index is 11.5. The molecule has 0 saturated carbocycles. The van der Waals surface area contributed by atoms with Gasteiger partial charge in [-0.05, 0) is 12.8 Å². The minimum absolute atomic E-state index is 0.468. The number of fused-ring (bicyclic) bond motifs is 2. The SMILES string of the molecule is CC(CN1C2CCC1CC(=O)C2)c1nccs1. The largest absolute Gasteiger partial charge is 0.300 e. The number of piperidine rings is 1. The van der Waals surface area contributed by atoms with Crippen LogP contribution in [-0.4, -0.2) is 34.3 Å². The van der Waals surface area contributed by atoms with E-state index >= 15 is 0 Å². The van der Waals surface area contributed by atoms with Crippen molar-refractivity contribution >= 4 is 17.1 Å². The summed E-state index contributed by atoms with van der Waals surface area (Å²) in [4.78, 5) is 18.5. The third-order valence-electron chi connectivity index (χ3n) is 4.06. The molecule has 0 aliphatic carbocycles. The molecule has 0 radical (unpaired) electrons. The number of aromatic nitrogens is 1. The zero-order chi connectivity index (χ0) is 11.8. The summed E-state index contributed by atoms with van der Waals surface area (Å²) in [7, 11) is 0. The molecular formula is C13H18N2OS. The molecular weight excluding hydrogens is 232 g/mol. The molecule has 2 aliphatic rings. The maximum Gasteiger partial charge on any atom is 0.136 e. The van der Waals surface area contributed by atoms with Crippen LogP contribution in [0.4, 0.5) is 0 Å². The van der Waals surface area contributed by atoms with Gasteiger partial charge in [-0.15, -0.1) is 11.3 Å². The zero-order valence-electron chi connectivity index (χ0n) is 10.1. The van der Waals surface area contributed by atoms with Crippen LogP contribution in [0.25, 0.3) is 0 Å². The van der Waals surface area contributed by atoms with Gasteiger partial charge < -0.3 is 0 Å². The van der Waals surface area contributed by atoms with Crippen LogP contribution in [0.1, 0.15) is 43.5 Å². The molecule has 0 N–H and O–H groups in total. The number of nitrogens with zero attached hydrogens (tertiary/aromatic N) is 2. The first-order valence-corrected chi connectivity index (χ1v) is 7.29. The number of carbonyl (C=O) groups excluding carboxylic acids is 1. The minimum Gasteiger partial charge on any atom is -0.300 e. The smallest absolute Gasteiger partial charge is 0.136 e. The molecule has 2 saturated heterocycles. The normalized spacial score (nSPS) is 30.8. The topological polar surface area (TPSA) is 33.2 Å². The van der Waals surface area contributed by atoms with E-state index in [0.717, 1.165) is 19.4 Å². The highest BCUT2D eigenvalue weighted by atomic mass is 32.1. The average molecular weight is 250 g/mol. The quantitative estimate of drug-likeness (QED) is 0.826. The molecule has 0 spiro atoms. The second-order valence-electron chi connectivity index (χ2n) is 5.30. The van der Waals surface area contributed by atoms with Crippen molar-refractivity contribution < 1.29 is 4.79 Å². The lowest BCUT2D eigenvalue weighted by Gasteiger charge is -2.35. The molecule has 2 bridgehead atoms. The highest BCUT2D eigenvalue weighted by Crippen LogP contribution is 2.35. The fraction of sp³-hybridized carbons (Fsp3) is 0.692. The Labute approximate surface area is 106 Å². The summed E-state index contributed by atoms with van der Waals surface area (Å²) in [5.74, 6) is 0.960. The van der Waals surface area contributed by atoms with Crippen molar-refractivity contribution in [3.05, 3.63) is 16.6 Å². The van der Waals surface area contributed by atoms with Crippen LogP contribution in [-0.2, 0) is 4.79 Å². The molecule has 3 heterocycles. The summed E-state index contributed by atoms with van der Waals surface area (Å²) in [5.41, 5.74) is 0. The number of carbonyl (C=O) groups is 1. The van der Waals surface area contributed by atoms with E-state index in [1.54, 1.807) is 11.3 Å². The molecule has 3 unspecified atom stereocenters. The molecule has 0 amide bonds. The summed E-state index contributed by atoms with van der Waals surface area (Å²) in [5, 5.41) is 3.27. The number of rotatable bonds is 3. The lowest BCUT2D eigenvalue weighted by molar-refractivity contribution is -0.123. The third-order valence-corrected chi connectivity index (χ3v) is 5.06. The van der Waals surface area contributed by atoms with Crippen molar-refractivity contribution in [3.8, 4) is 0 Å². The van der Waals surface area contributed by atoms with Gasteiger partial charge in [0.05, 0.1) is 5.01 Å². The van der Waals surface area contributed by atoms with Gasteiger partial charge in [-0.3, -0.25) is 9.69 Å². The number of hydrogen-bond acceptors (Lipinski definition) is 4. The molecule has 92 valence electrons. The number of thiazole rings is 1. The molecule has 4 heteroatoms. The summed E-state index contributed by atoms with van der Waals surface area (Å²) in [6, 6.07) is 1.03. The highest BCUT2D eigenvalue weighted by molar-refractivity contribution is 7.09. The first-order chi connectivity index (χ1) is 8.24. The zero-order valence-corrected chi connectivity index (χ0v) is 10.9. The molecule has 3 atom stereocenters. The van der Waals surface area contributed by atoms with Gasteiger partial charge in [-0.2, -0.15) is 0 Å². The van der Waals surface area contributed by atoms with Gasteiger partial charge in [0, 0.05) is 49.0 Å². The lowest BCUT2D eigenvalue weighted by atomic mass is 10.00.